The number of carbonyl (C=O) groups excluding carboxylic acids is 1. The SMILES string of the molecule is O=C(c1cccnc1)N1CCc2ccc(NS(=O)(=O)c3cc(Cl)ccc3Cl)cc21. The molecule has 1 aromatic heterocycles. The Balaban J connectivity index is 1.65. The summed E-state index contributed by atoms with van der Waals surface area (Å²) in [6, 6.07) is 12.7. The van der Waals surface area contributed by atoms with Crippen LogP contribution in [0.1, 0.15) is 15.9 Å². The molecular weight excluding hydrogens is 433 g/mol. The van der Waals surface area contributed by atoms with Crippen molar-refractivity contribution in [1.82, 2.24) is 4.98 Å². The van der Waals surface area contributed by atoms with Gasteiger partial charge in [-0.25, -0.2) is 8.42 Å². The lowest BCUT2D eigenvalue weighted by Crippen LogP contribution is -2.29. The van der Waals surface area contributed by atoms with Gasteiger partial charge >= 0.3 is 0 Å². The average Bonchev–Trinajstić information content (AvgIpc) is 3.12. The maximum Gasteiger partial charge on any atom is 0.263 e. The highest BCUT2D eigenvalue weighted by atomic mass is 35.5. The Kier molecular flexibility index (Phi) is 5.21. The molecule has 0 fully saturated rings. The molecule has 4 rings (SSSR count). The van der Waals surface area contributed by atoms with Gasteiger partial charge in [-0.15, -0.1) is 0 Å². The van der Waals surface area contributed by atoms with Gasteiger partial charge in [0.1, 0.15) is 4.90 Å². The van der Waals surface area contributed by atoms with Crippen molar-refractivity contribution in [2.45, 2.75) is 11.3 Å². The van der Waals surface area contributed by atoms with Gasteiger partial charge in [-0.1, -0.05) is 29.3 Å². The second kappa shape index (κ2) is 7.67. The zero-order chi connectivity index (χ0) is 20.6. The second-order valence-corrected chi connectivity index (χ2v) is 8.97. The molecular formula is C20H15Cl2N3O3S. The fourth-order valence-electron chi connectivity index (χ4n) is 3.19. The van der Waals surface area contributed by atoms with Crippen molar-refractivity contribution >= 4 is 50.5 Å². The number of fused-ring (bicyclic) bond motifs is 1. The molecule has 1 N–H and O–H groups in total. The van der Waals surface area contributed by atoms with Crippen molar-refractivity contribution < 1.29 is 13.2 Å². The zero-order valence-corrected chi connectivity index (χ0v) is 17.3. The predicted octanol–water partition coefficient (Wildman–Crippen LogP) is 4.39. The van der Waals surface area contributed by atoms with E-state index in [2.05, 4.69) is 9.71 Å². The van der Waals surface area contributed by atoms with Crippen LogP contribution in [0.2, 0.25) is 10.0 Å². The first kappa shape index (κ1) is 19.7. The number of anilines is 2. The Hall–Kier alpha value is -2.61. The number of halogens is 2. The van der Waals surface area contributed by atoms with E-state index in [0.29, 0.717) is 29.9 Å². The third-order valence-electron chi connectivity index (χ3n) is 4.57. The van der Waals surface area contributed by atoms with E-state index >= 15 is 0 Å². The lowest BCUT2D eigenvalue weighted by molar-refractivity contribution is 0.0989. The van der Waals surface area contributed by atoms with Crippen molar-refractivity contribution in [2.24, 2.45) is 0 Å². The van der Waals surface area contributed by atoms with Crippen LogP contribution in [0.15, 0.2) is 65.8 Å². The lowest BCUT2D eigenvalue weighted by atomic mass is 10.1. The van der Waals surface area contributed by atoms with Crippen LogP contribution < -0.4 is 9.62 Å². The highest BCUT2D eigenvalue weighted by molar-refractivity contribution is 7.92. The number of aromatic nitrogens is 1. The second-order valence-electron chi connectivity index (χ2n) is 6.47. The Morgan fingerprint density at radius 1 is 1.10 bits per heavy atom. The molecule has 0 aliphatic carbocycles. The van der Waals surface area contributed by atoms with E-state index in [1.807, 2.05) is 6.07 Å². The van der Waals surface area contributed by atoms with Gasteiger partial charge in [0.05, 0.1) is 16.3 Å². The minimum absolute atomic E-state index is 0.0661. The summed E-state index contributed by atoms with van der Waals surface area (Å²) < 4.78 is 28.0. The molecule has 29 heavy (non-hydrogen) atoms. The first-order valence-electron chi connectivity index (χ1n) is 8.68. The number of hydrogen-bond donors (Lipinski definition) is 1. The van der Waals surface area contributed by atoms with Crippen LogP contribution in [0.3, 0.4) is 0 Å². The van der Waals surface area contributed by atoms with Crippen LogP contribution in [-0.4, -0.2) is 25.9 Å². The number of hydrogen-bond acceptors (Lipinski definition) is 4. The molecule has 1 amide bonds. The van der Waals surface area contributed by atoms with E-state index in [0.717, 1.165) is 5.56 Å². The highest BCUT2D eigenvalue weighted by Gasteiger charge is 2.27. The number of pyridine rings is 1. The Labute approximate surface area is 178 Å². The molecule has 2 aromatic carbocycles. The fourth-order valence-corrected chi connectivity index (χ4v) is 5.01. The summed E-state index contributed by atoms with van der Waals surface area (Å²) in [5.74, 6) is -0.185. The predicted molar refractivity (Wildman–Crippen MR) is 113 cm³/mol. The molecule has 1 aliphatic rings. The molecule has 3 aromatic rings. The van der Waals surface area contributed by atoms with Crippen molar-refractivity contribution in [2.75, 3.05) is 16.2 Å². The van der Waals surface area contributed by atoms with Crippen LogP contribution in [0, 0.1) is 0 Å². The summed E-state index contributed by atoms with van der Waals surface area (Å²) >= 11 is 12.0. The maximum absolute atomic E-state index is 12.8. The van der Waals surface area contributed by atoms with Crippen molar-refractivity contribution in [1.29, 1.82) is 0 Å². The zero-order valence-electron chi connectivity index (χ0n) is 15.0. The summed E-state index contributed by atoms with van der Waals surface area (Å²) in [4.78, 5) is 18.3. The molecule has 2 heterocycles. The molecule has 148 valence electrons. The number of carbonyl (C=O) groups is 1. The number of nitrogens with zero attached hydrogens (tertiary/aromatic N) is 2. The number of sulfonamides is 1. The molecule has 1 aliphatic heterocycles. The Morgan fingerprint density at radius 2 is 1.93 bits per heavy atom. The summed E-state index contributed by atoms with van der Waals surface area (Å²) in [6.45, 7) is 0.513. The van der Waals surface area contributed by atoms with E-state index in [1.54, 1.807) is 35.4 Å². The van der Waals surface area contributed by atoms with E-state index in [1.165, 1.54) is 24.4 Å². The first-order chi connectivity index (χ1) is 13.8. The topological polar surface area (TPSA) is 79.4 Å². The van der Waals surface area contributed by atoms with Gasteiger partial charge in [0.15, 0.2) is 0 Å². The van der Waals surface area contributed by atoms with Gasteiger partial charge < -0.3 is 4.90 Å². The van der Waals surface area contributed by atoms with Crippen LogP contribution >= 0.6 is 23.2 Å². The van der Waals surface area contributed by atoms with E-state index in [9.17, 15) is 13.2 Å². The van der Waals surface area contributed by atoms with E-state index in [4.69, 9.17) is 23.2 Å². The fraction of sp³-hybridized carbons (Fsp3) is 0.100. The largest absolute Gasteiger partial charge is 0.308 e. The van der Waals surface area contributed by atoms with Gasteiger partial charge in [0.25, 0.3) is 15.9 Å². The summed E-state index contributed by atoms with van der Waals surface area (Å²) in [7, 11) is -3.95. The van der Waals surface area contributed by atoms with E-state index in [-0.39, 0.29) is 20.8 Å². The lowest BCUT2D eigenvalue weighted by Gasteiger charge is -2.18. The minimum Gasteiger partial charge on any atom is -0.308 e. The Morgan fingerprint density at radius 3 is 2.69 bits per heavy atom. The summed E-state index contributed by atoms with van der Waals surface area (Å²) in [6.07, 6.45) is 3.80. The minimum atomic E-state index is -3.95. The van der Waals surface area contributed by atoms with Crippen LogP contribution in [0.5, 0.6) is 0 Å². The van der Waals surface area contributed by atoms with Crippen LogP contribution in [0.25, 0.3) is 0 Å². The Bertz CT molecular complexity index is 1200. The molecule has 9 heteroatoms. The summed E-state index contributed by atoms with van der Waals surface area (Å²) in [5, 5.41) is 0.327. The number of amides is 1. The van der Waals surface area contributed by atoms with Gasteiger partial charge in [-0.3, -0.25) is 14.5 Å². The van der Waals surface area contributed by atoms with Crippen LogP contribution in [-0.2, 0) is 16.4 Å². The molecule has 0 radical (unpaired) electrons. The normalized spacial score (nSPS) is 13.2. The van der Waals surface area contributed by atoms with Gasteiger partial charge in [-0.2, -0.15) is 0 Å². The summed E-state index contributed by atoms with van der Waals surface area (Å²) in [5.41, 5.74) is 2.42. The maximum atomic E-state index is 12.8. The molecule has 0 atom stereocenters. The third kappa shape index (κ3) is 3.94. The van der Waals surface area contributed by atoms with E-state index < -0.39 is 10.0 Å². The number of nitrogens with one attached hydrogen (secondary N) is 1. The molecule has 0 bridgehead atoms. The highest BCUT2D eigenvalue weighted by Crippen LogP contribution is 2.33. The number of benzene rings is 2. The van der Waals surface area contributed by atoms with Crippen LogP contribution in [0.4, 0.5) is 11.4 Å². The quantitative estimate of drug-likeness (QED) is 0.642. The molecule has 0 unspecified atom stereocenters. The standard InChI is InChI=1S/C20H15Cl2N3O3S/c21-15-4-6-17(22)19(10-15)29(27,28)24-16-5-3-13-7-9-25(18(13)11-16)20(26)14-2-1-8-23-12-14/h1-6,8,10-12,24H,7,9H2. The molecule has 0 spiro atoms. The van der Waals surface area contributed by atoms with Gasteiger partial charge in [0.2, 0.25) is 0 Å². The van der Waals surface area contributed by atoms with Gasteiger partial charge in [0, 0.05) is 29.6 Å². The van der Waals surface area contributed by atoms with Crippen molar-refractivity contribution in [3.63, 3.8) is 0 Å². The van der Waals surface area contributed by atoms with Crippen molar-refractivity contribution in [3.05, 3.63) is 82.1 Å². The van der Waals surface area contributed by atoms with Gasteiger partial charge in [-0.05, 0) is 54.4 Å². The number of rotatable bonds is 4. The smallest absolute Gasteiger partial charge is 0.263 e. The molecule has 0 saturated heterocycles. The molecule has 0 saturated carbocycles. The average molecular weight is 448 g/mol. The first-order valence-corrected chi connectivity index (χ1v) is 10.9. The molecule has 6 nitrogen and oxygen atoms in total. The van der Waals surface area contributed by atoms with Crippen molar-refractivity contribution in [3.8, 4) is 0 Å². The third-order valence-corrected chi connectivity index (χ3v) is 6.67. The monoisotopic (exact) mass is 447 g/mol.